The molecule has 1 unspecified atom stereocenters. The van der Waals surface area contributed by atoms with Crippen molar-refractivity contribution in [1.82, 2.24) is 4.90 Å². The summed E-state index contributed by atoms with van der Waals surface area (Å²) in [4.78, 5) is 35.2. The molecule has 0 aromatic heterocycles. The largest absolute Gasteiger partial charge is 0.374 e. The van der Waals surface area contributed by atoms with E-state index in [0.717, 1.165) is 17.1 Å². The summed E-state index contributed by atoms with van der Waals surface area (Å²) < 4.78 is 50.1. The quantitative estimate of drug-likeness (QED) is 0.571. The van der Waals surface area contributed by atoms with Crippen LogP contribution in [-0.4, -0.2) is 37.9 Å². The second kappa shape index (κ2) is 7.27. The van der Waals surface area contributed by atoms with Gasteiger partial charge in [0.2, 0.25) is 11.7 Å². The smallest absolute Gasteiger partial charge is 0.357 e. The lowest BCUT2D eigenvalue weighted by molar-refractivity contribution is -0.137. The Labute approximate surface area is 136 Å². The monoisotopic (exact) mass is 360 g/mol. The van der Waals surface area contributed by atoms with Crippen LogP contribution in [0.4, 0.5) is 14.5 Å². The number of benzene rings is 1. The van der Waals surface area contributed by atoms with Gasteiger partial charge in [-0.15, -0.1) is 0 Å². The molecule has 8 nitrogen and oxygen atoms in total. The fourth-order valence-corrected chi connectivity index (χ4v) is 2.17. The average Bonchev–Trinajstić information content (AvgIpc) is 2.79. The van der Waals surface area contributed by atoms with Crippen LogP contribution < -0.4 is 9.50 Å². The van der Waals surface area contributed by atoms with Crippen molar-refractivity contribution in [2.45, 2.75) is 6.42 Å². The summed E-state index contributed by atoms with van der Waals surface area (Å²) in [5.41, 5.74) is -0.261. The van der Waals surface area contributed by atoms with Gasteiger partial charge in [-0.1, -0.05) is 0 Å². The van der Waals surface area contributed by atoms with Crippen LogP contribution in [0.1, 0.15) is 6.42 Å². The molecule has 128 valence electrons. The molecule has 1 heterocycles. The minimum atomic E-state index is -2.91. The Kier molecular flexibility index (Phi) is 5.36. The van der Waals surface area contributed by atoms with Crippen molar-refractivity contribution in [2.24, 2.45) is 0 Å². The maximum Gasteiger partial charge on any atom is 0.357 e. The van der Waals surface area contributed by atoms with Crippen LogP contribution >= 0.6 is 0 Å². The summed E-state index contributed by atoms with van der Waals surface area (Å²) in [5, 5.41) is 2.18. The summed E-state index contributed by atoms with van der Waals surface area (Å²) in [5.74, 6) is -5.44. The van der Waals surface area contributed by atoms with Crippen LogP contribution in [-0.2, 0) is 25.7 Å². The zero-order valence-corrected chi connectivity index (χ0v) is 12.6. The van der Waals surface area contributed by atoms with Crippen LogP contribution in [0, 0.1) is 11.6 Å². The van der Waals surface area contributed by atoms with Gasteiger partial charge in [0.05, 0.1) is 0 Å². The lowest BCUT2D eigenvalue weighted by Crippen LogP contribution is -2.33. The fourth-order valence-electron chi connectivity index (χ4n) is 1.87. The van der Waals surface area contributed by atoms with Gasteiger partial charge in [0.25, 0.3) is 11.8 Å². The number of anilines is 1. The molecule has 2 rings (SSSR count). The number of amides is 3. The van der Waals surface area contributed by atoms with E-state index in [1.165, 1.54) is 0 Å². The first-order valence-electron chi connectivity index (χ1n) is 6.39. The molecule has 0 aliphatic carbocycles. The highest BCUT2D eigenvalue weighted by molar-refractivity contribution is 7.74. The van der Waals surface area contributed by atoms with Crippen molar-refractivity contribution in [1.29, 1.82) is 0 Å². The molecule has 1 atom stereocenters. The minimum Gasteiger partial charge on any atom is -0.374 e. The Morgan fingerprint density at radius 2 is 1.75 bits per heavy atom. The summed E-state index contributed by atoms with van der Waals surface area (Å²) >= 11 is -2.91. The number of hydrogen-bond acceptors (Lipinski definition) is 5. The van der Waals surface area contributed by atoms with Gasteiger partial charge in [-0.3, -0.25) is 23.8 Å². The highest BCUT2D eigenvalue weighted by Gasteiger charge is 2.23. The van der Waals surface area contributed by atoms with Gasteiger partial charge >= 0.3 is 11.4 Å². The summed E-state index contributed by atoms with van der Waals surface area (Å²) in [6.45, 7) is -0.188. The van der Waals surface area contributed by atoms with Crippen molar-refractivity contribution >= 4 is 34.8 Å². The van der Waals surface area contributed by atoms with E-state index in [4.69, 9.17) is 4.55 Å². The second-order valence-electron chi connectivity index (χ2n) is 4.53. The zero-order valence-electron chi connectivity index (χ0n) is 11.8. The number of carbonyl (C=O) groups is 3. The van der Waals surface area contributed by atoms with E-state index >= 15 is 0 Å². The van der Waals surface area contributed by atoms with Gasteiger partial charge in [-0.05, 0) is 0 Å². The molecule has 0 spiro atoms. The van der Waals surface area contributed by atoms with E-state index in [0.29, 0.717) is 12.1 Å². The fraction of sp³-hybridized carbons (Fsp3) is 0.154. The molecular weight excluding hydrogens is 350 g/mol. The first kappa shape index (κ1) is 17.7. The summed E-state index contributed by atoms with van der Waals surface area (Å²) in [6.07, 6.45) is 1.85. The number of nitrogens with zero attached hydrogens (tertiary/aromatic N) is 1. The number of hydrogen-bond donors (Lipinski definition) is 2. The zero-order chi connectivity index (χ0) is 17.9. The lowest BCUT2D eigenvalue weighted by atomic mass is 10.2. The van der Waals surface area contributed by atoms with E-state index in [-0.39, 0.29) is 18.7 Å². The third kappa shape index (κ3) is 4.20. The molecule has 1 aliphatic heterocycles. The topological polar surface area (TPSA) is 113 Å². The van der Waals surface area contributed by atoms with Crippen molar-refractivity contribution in [3.05, 3.63) is 35.9 Å². The number of nitrogens with one attached hydrogen (secondary N) is 1. The standard InChI is InChI=1S/C13H10F2N2O6S/c14-8-5-7(6-9(15)13(8)23-24(21)22)16-10(18)3-4-17-11(19)1-2-12(17)20/h1-2,5-6H,3-4H2,(H,16,18)(H,21,22). The van der Waals surface area contributed by atoms with Gasteiger partial charge in [0.15, 0.2) is 11.6 Å². The van der Waals surface area contributed by atoms with Crippen molar-refractivity contribution < 1.29 is 36.1 Å². The average molecular weight is 360 g/mol. The summed E-state index contributed by atoms with van der Waals surface area (Å²) in [7, 11) is 0. The molecule has 1 aromatic rings. The second-order valence-corrected chi connectivity index (χ2v) is 5.13. The molecule has 3 amide bonds. The van der Waals surface area contributed by atoms with Crippen LogP contribution in [0.2, 0.25) is 0 Å². The van der Waals surface area contributed by atoms with E-state index < -0.39 is 46.5 Å². The molecule has 1 aromatic carbocycles. The molecule has 0 radical (unpaired) electrons. The summed E-state index contributed by atoms with van der Waals surface area (Å²) in [6, 6.07) is 1.38. The van der Waals surface area contributed by atoms with Crippen LogP contribution in [0.25, 0.3) is 0 Å². The Balaban J connectivity index is 1.98. The van der Waals surface area contributed by atoms with Gasteiger partial charge in [-0.25, -0.2) is 8.78 Å². The first-order chi connectivity index (χ1) is 11.3. The highest BCUT2D eigenvalue weighted by atomic mass is 32.2. The Morgan fingerprint density at radius 1 is 1.21 bits per heavy atom. The number of imide groups is 1. The van der Waals surface area contributed by atoms with E-state index in [9.17, 15) is 27.4 Å². The molecule has 0 saturated carbocycles. The minimum absolute atomic E-state index is 0.188. The Bertz CT molecular complexity index is 726. The van der Waals surface area contributed by atoms with Gasteiger partial charge in [0.1, 0.15) is 0 Å². The molecular formula is C13H10F2N2O6S. The van der Waals surface area contributed by atoms with Gasteiger partial charge in [0, 0.05) is 42.9 Å². The first-order valence-corrected chi connectivity index (χ1v) is 7.42. The van der Waals surface area contributed by atoms with Gasteiger partial charge in [-0.2, -0.15) is 4.21 Å². The SMILES string of the molecule is O=C(CCN1C(=O)C=CC1=O)Nc1cc(F)c(OS(=O)O)c(F)c1. The van der Waals surface area contributed by atoms with Crippen LogP contribution in [0.5, 0.6) is 5.75 Å². The highest BCUT2D eigenvalue weighted by Crippen LogP contribution is 2.26. The third-order valence-electron chi connectivity index (χ3n) is 2.90. The van der Waals surface area contributed by atoms with Crippen molar-refractivity contribution in [3.63, 3.8) is 0 Å². The van der Waals surface area contributed by atoms with Gasteiger partial charge < -0.3 is 9.50 Å². The predicted molar refractivity (Wildman–Crippen MR) is 76.9 cm³/mol. The predicted octanol–water partition coefficient (Wildman–Crippen LogP) is 0.734. The molecule has 11 heteroatoms. The Morgan fingerprint density at radius 3 is 2.25 bits per heavy atom. The molecule has 2 N–H and O–H groups in total. The normalized spacial score (nSPS) is 14.9. The molecule has 0 saturated heterocycles. The van der Waals surface area contributed by atoms with E-state index in [2.05, 4.69) is 9.50 Å². The van der Waals surface area contributed by atoms with E-state index in [1.54, 1.807) is 0 Å². The molecule has 24 heavy (non-hydrogen) atoms. The Hall–Kier alpha value is -2.66. The molecule has 0 bridgehead atoms. The number of rotatable bonds is 6. The number of halogens is 2. The van der Waals surface area contributed by atoms with Crippen LogP contribution in [0.3, 0.4) is 0 Å². The molecule has 1 aliphatic rings. The number of carbonyl (C=O) groups excluding carboxylic acids is 3. The van der Waals surface area contributed by atoms with E-state index in [1.807, 2.05) is 0 Å². The molecule has 0 fully saturated rings. The maximum atomic E-state index is 13.6. The lowest BCUT2D eigenvalue weighted by Gasteiger charge is -2.13. The van der Waals surface area contributed by atoms with Crippen LogP contribution in [0.15, 0.2) is 24.3 Å². The van der Waals surface area contributed by atoms with Crippen molar-refractivity contribution in [2.75, 3.05) is 11.9 Å². The van der Waals surface area contributed by atoms with Crippen molar-refractivity contribution in [3.8, 4) is 5.75 Å². The third-order valence-corrected chi connectivity index (χ3v) is 3.21. The maximum absolute atomic E-state index is 13.6.